The highest BCUT2D eigenvalue weighted by atomic mass is 31.2. The van der Waals surface area contributed by atoms with Crippen LogP contribution in [0.1, 0.15) is 381 Å². The minimum Gasteiger partial charge on any atom is -0.462 e. The molecule has 0 aromatic rings. The van der Waals surface area contributed by atoms with E-state index in [9.17, 15) is 43.2 Å². The average Bonchev–Trinajstić information content (AvgIpc) is 1.98. The Kier molecular flexibility index (Phi) is 64.9. The number of carbonyl (C=O) groups excluding carboxylic acids is 4. The van der Waals surface area contributed by atoms with Gasteiger partial charge in [-0.05, 0) is 31.6 Å². The number of hydrogen-bond acceptors (Lipinski definition) is 15. The monoisotopic (exact) mass is 1350 g/mol. The van der Waals surface area contributed by atoms with Crippen molar-refractivity contribution in [1.29, 1.82) is 0 Å². The molecule has 17 nitrogen and oxygen atoms in total. The summed E-state index contributed by atoms with van der Waals surface area (Å²) in [5, 5.41) is 10.6. The largest absolute Gasteiger partial charge is 0.472 e. The summed E-state index contributed by atoms with van der Waals surface area (Å²) in [6.45, 7) is 7.21. The molecule has 0 bridgehead atoms. The van der Waals surface area contributed by atoms with Crippen LogP contribution in [-0.2, 0) is 65.4 Å². The molecule has 0 aliphatic rings. The van der Waals surface area contributed by atoms with Crippen LogP contribution in [0.2, 0.25) is 0 Å². The lowest BCUT2D eigenvalue weighted by atomic mass is 10.00. The Balaban J connectivity index is 5.21. The maximum absolute atomic E-state index is 13.1. The predicted molar refractivity (Wildman–Crippen MR) is 372 cm³/mol. The molecule has 3 N–H and O–H groups in total. The first-order valence-corrected chi connectivity index (χ1v) is 41.2. The molecule has 6 atom stereocenters. The second-order valence-electron chi connectivity index (χ2n) is 26.6. The summed E-state index contributed by atoms with van der Waals surface area (Å²) in [5.41, 5.74) is 0. The minimum absolute atomic E-state index is 0.103. The molecule has 19 heteroatoms. The van der Waals surface area contributed by atoms with Gasteiger partial charge in [0.15, 0.2) is 12.2 Å². The molecule has 0 fully saturated rings. The molecular formula is C73H142O17P2. The number of carbonyl (C=O) groups is 4. The lowest BCUT2D eigenvalue weighted by molar-refractivity contribution is -0.161. The number of unbranched alkanes of at least 4 members (excludes halogenated alkanes) is 44. The van der Waals surface area contributed by atoms with Crippen LogP contribution in [0.15, 0.2) is 0 Å². The Labute approximate surface area is 562 Å². The van der Waals surface area contributed by atoms with Crippen LogP contribution in [-0.4, -0.2) is 96.7 Å². The zero-order chi connectivity index (χ0) is 67.7. The van der Waals surface area contributed by atoms with E-state index in [0.29, 0.717) is 25.7 Å². The van der Waals surface area contributed by atoms with Gasteiger partial charge in [-0.2, -0.15) is 0 Å². The zero-order valence-electron chi connectivity index (χ0n) is 59.7. The Hall–Kier alpha value is -1.94. The zero-order valence-corrected chi connectivity index (χ0v) is 61.5. The number of hydrogen-bond donors (Lipinski definition) is 3. The smallest absolute Gasteiger partial charge is 0.462 e. The van der Waals surface area contributed by atoms with Gasteiger partial charge in [0.05, 0.1) is 26.4 Å². The third-order valence-electron chi connectivity index (χ3n) is 17.4. The second-order valence-corrected chi connectivity index (χ2v) is 29.5. The van der Waals surface area contributed by atoms with Crippen molar-refractivity contribution in [3.8, 4) is 0 Å². The Morgan fingerprint density at radius 2 is 0.522 bits per heavy atom. The number of ether oxygens (including phenoxy) is 4. The molecular weight excluding hydrogens is 1210 g/mol. The van der Waals surface area contributed by atoms with Crippen LogP contribution < -0.4 is 0 Å². The van der Waals surface area contributed by atoms with Crippen molar-refractivity contribution in [2.75, 3.05) is 39.6 Å². The van der Waals surface area contributed by atoms with Gasteiger partial charge in [0, 0.05) is 25.7 Å². The highest BCUT2D eigenvalue weighted by Gasteiger charge is 2.30. The van der Waals surface area contributed by atoms with Crippen LogP contribution in [0.3, 0.4) is 0 Å². The van der Waals surface area contributed by atoms with Gasteiger partial charge < -0.3 is 33.8 Å². The maximum atomic E-state index is 13.1. The van der Waals surface area contributed by atoms with Gasteiger partial charge >= 0.3 is 39.5 Å². The molecule has 0 amide bonds. The first kappa shape index (κ1) is 90.1. The van der Waals surface area contributed by atoms with Crippen LogP contribution in [0.25, 0.3) is 0 Å². The van der Waals surface area contributed by atoms with E-state index in [1.165, 1.54) is 205 Å². The molecule has 0 rings (SSSR count). The topological polar surface area (TPSA) is 237 Å². The van der Waals surface area contributed by atoms with Gasteiger partial charge in [0.2, 0.25) is 0 Å². The average molecular weight is 1350 g/mol. The van der Waals surface area contributed by atoms with Crippen molar-refractivity contribution in [1.82, 2.24) is 0 Å². The fourth-order valence-electron chi connectivity index (χ4n) is 11.1. The quantitative estimate of drug-likeness (QED) is 0.0222. The summed E-state index contributed by atoms with van der Waals surface area (Å²) in [6.07, 6.45) is 54.1. The van der Waals surface area contributed by atoms with Crippen molar-refractivity contribution in [2.45, 2.75) is 400 Å². The van der Waals surface area contributed by atoms with Gasteiger partial charge in [0.25, 0.3) is 0 Å². The Morgan fingerprint density at radius 3 is 0.772 bits per heavy atom. The molecule has 546 valence electrons. The van der Waals surface area contributed by atoms with Crippen molar-refractivity contribution in [2.24, 2.45) is 5.92 Å². The molecule has 0 saturated carbocycles. The summed E-state index contributed by atoms with van der Waals surface area (Å²) < 4.78 is 68.4. The van der Waals surface area contributed by atoms with Crippen molar-refractivity contribution < 1.29 is 80.2 Å². The highest BCUT2D eigenvalue weighted by Crippen LogP contribution is 2.45. The van der Waals surface area contributed by atoms with Gasteiger partial charge in [-0.15, -0.1) is 0 Å². The van der Waals surface area contributed by atoms with Gasteiger partial charge in [0.1, 0.15) is 19.3 Å². The fraction of sp³-hybridized carbons (Fsp3) is 0.945. The lowest BCUT2D eigenvalue weighted by Crippen LogP contribution is -2.30. The second kappa shape index (κ2) is 66.3. The van der Waals surface area contributed by atoms with Crippen molar-refractivity contribution >= 4 is 39.5 Å². The first-order chi connectivity index (χ1) is 44.6. The van der Waals surface area contributed by atoms with E-state index in [0.717, 1.165) is 95.8 Å². The van der Waals surface area contributed by atoms with Crippen LogP contribution in [0.4, 0.5) is 0 Å². The van der Waals surface area contributed by atoms with Gasteiger partial charge in [-0.1, -0.05) is 330 Å². The van der Waals surface area contributed by atoms with E-state index in [1.54, 1.807) is 0 Å². The molecule has 0 spiro atoms. The number of rotatable bonds is 73. The predicted octanol–water partition coefficient (Wildman–Crippen LogP) is 21.3. The molecule has 0 saturated heterocycles. The molecule has 0 aromatic carbocycles. The third kappa shape index (κ3) is 65.4. The number of esters is 4. The van der Waals surface area contributed by atoms with E-state index in [1.807, 2.05) is 0 Å². The molecule has 3 unspecified atom stereocenters. The lowest BCUT2D eigenvalue weighted by Gasteiger charge is -2.21. The van der Waals surface area contributed by atoms with E-state index in [2.05, 4.69) is 34.6 Å². The number of phosphoric ester groups is 2. The van der Waals surface area contributed by atoms with Crippen molar-refractivity contribution in [3.05, 3.63) is 0 Å². The maximum Gasteiger partial charge on any atom is 0.472 e. The summed E-state index contributed by atoms with van der Waals surface area (Å²) in [6, 6.07) is 0. The van der Waals surface area contributed by atoms with Crippen LogP contribution in [0, 0.1) is 5.92 Å². The summed E-state index contributed by atoms with van der Waals surface area (Å²) in [5.74, 6) is -1.40. The molecule has 0 radical (unpaired) electrons. The minimum atomic E-state index is -4.95. The molecule has 0 heterocycles. The summed E-state index contributed by atoms with van der Waals surface area (Å²) in [4.78, 5) is 72.6. The molecule has 0 aliphatic heterocycles. The Morgan fingerprint density at radius 1 is 0.304 bits per heavy atom. The van der Waals surface area contributed by atoms with Crippen LogP contribution >= 0.6 is 15.6 Å². The van der Waals surface area contributed by atoms with Crippen LogP contribution in [0.5, 0.6) is 0 Å². The summed E-state index contributed by atoms with van der Waals surface area (Å²) >= 11 is 0. The number of aliphatic hydroxyl groups is 1. The third-order valence-corrected chi connectivity index (χ3v) is 19.3. The first-order valence-electron chi connectivity index (χ1n) is 38.2. The highest BCUT2D eigenvalue weighted by molar-refractivity contribution is 7.47. The fourth-order valence-corrected chi connectivity index (χ4v) is 12.7. The SMILES string of the molecule is CCCCCCCCCCCCCCCCCCCCCC(=O)O[C@H](COC(=O)CCCCCCCCCCCCCCC)COP(=O)(O)OC[C@@H](O)COP(=O)(O)OC[C@@H](COC(=O)CCCCCCCCCCCC)OC(=O)CCCCCCCCC(C)CC. The van der Waals surface area contributed by atoms with E-state index >= 15 is 0 Å². The van der Waals surface area contributed by atoms with Gasteiger partial charge in [-0.25, -0.2) is 9.13 Å². The van der Waals surface area contributed by atoms with E-state index in [4.69, 9.17) is 37.0 Å². The van der Waals surface area contributed by atoms with E-state index < -0.39 is 97.5 Å². The van der Waals surface area contributed by atoms with Gasteiger partial charge in [-0.3, -0.25) is 37.3 Å². The Bertz CT molecular complexity index is 1770. The standard InChI is InChI=1S/C73H142O17P2/c1-6-10-13-16-19-22-25-27-28-29-30-31-32-34-36-39-42-48-53-58-72(77)89-68(62-83-71(76)57-52-47-41-38-35-33-26-23-20-17-14-11-7-2)64-87-91(79,80)85-60-67(74)61-86-92(81,82)88-65-69(90-73(78)59-54-49-44-43-45-50-55-66(5)9-4)63-84-70(75)56-51-46-40-37-24-21-18-15-12-8-3/h66-69,74H,6-65H2,1-5H3,(H,79,80)(H,81,82)/t66?,67-,68-,69-/m1/s1. The normalized spacial score (nSPS) is 14.3. The number of aliphatic hydroxyl groups excluding tert-OH is 1. The molecule has 92 heavy (non-hydrogen) atoms. The van der Waals surface area contributed by atoms with E-state index in [-0.39, 0.29) is 25.7 Å². The molecule has 0 aromatic heterocycles. The number of phosphoric acid groups is 2. The molecule has 0 aliphatic carbocycles. The van der Waals surface area contributed by atoms with Crippen molar-refractivity contribution in [3.63, 3.8) is 0 Å². The summed E-state index contributed by atoms with van der Waals surface area (Å²) in [7, 11) is -9.90.